The first kappa shape index (κ1) is 21.9. The topological polar surface area (TPSA) is 96.5 Å². The minimum Gasteiger partial charge on any atom is -0.495 e. The average Bonchev–Trinajstić information content (AvgIpc) is 2.65. The molecule has 2 aromatic rings. The van der Waals surface area contributed by atoms with Gasteiger partial charge in [0.1, 0.15) is 11.6 Å². The number of hydrogen-bond donors (Lipinski definition) is 3. The summed E-state index contributed by atoms with van der Waals surface area (Å²) >= 11 is 0. The van der Waals surface area contributed by atoms with Gasteiger partial charge in [0.25, 0.3) is 5.91 Å². The molecule has 2 aromatic carbocycles. The molecule has 0 saturated heterocycles. The van der Waals surface area contributed by atoms with Gasteiger partial charge in [0, 0.05) is 16.7 Å². The van der Waals surface area contributed by atoms with Gasteiger partial charge in [-0.3, -0.25) is 14.4 Å². The highest BCUT2D eigenvalue weighted by atomic mass is 19.1. The number of halogens is 1. The van der Waals surface area contributed by atoms with Gasteiger partial charge < -0.3 is 20.7 Å². The van der Waals surface area contributed by atoms with Crippen LogP contribution in [0.4, 0.5) is 15.8 Å². The van der Waals surface area contributed by atoms with Crippen LogP contribution in [0.5, 0.6) is 5.75 Å². The van der Waals surface area contributed by atoms with E-state index in [1.807, 2.05) is 0 Å². The lowest BCUT2D eigenvalue weighted by atomic mass is 9.96. The minimum atomic E-state index is -0.602. The number of hydrogen-bond acceptors (Lipinski definition) is 4. The Hall–Kier alpha value is -3.42. The van der Waals surface area contributed by atoms with Crippen LogP contribution in [0.3, 0.4) is 0 Å². The normalized spacial score (nSPS) is 10.8. The van der Waals surface area contributed by atoms with E-state index in [4.69, 9.17) is 4.74 Å². The van der Waals surface area contributed by atoms with Crippen molar-refractivity contribution in [3.8, 4) is 5.75 Å². The van der Waals surface area contributed by atoms with Crippen molar-refractivity contribution in [3.63, 3.8) is 0 Å². The van der Waals surface area contributed by atoms with Gasteiger partial charge in [-0.25, -0.2) is 4.39 Å². The number of carbonyl (C=O) groups excluding carboxylic acids is 3. The lowest BCUT2D eigenvalue weighted by Crippen LogP contribution is -2.39. The van der Waals surface area contributed by atoms with Gasteiger partial charge in [-0.05, 0) is 36.4 Å². The Labute approximate surface area is 168 Å². The van der Waals surface area contributed by atoms with Crippen molar-refractivity contribution in [1.29, 1.82) is 0 Å². The summed E-state index contributed by atoms with van der Waals surface area (Å²) < 4.78 is 18.6. The Morgan fingerprint density at radius 3 is 2.38 bits per heavy atom. The quantitative estimate of drug-likeness (QED) is 0.693. The number of nitrogens with one attached hydrogen (secondary N) is 3. The molecule has 0 fully saturated rings. The molecule has 2 rings (SSSR count). The molecule has 0 unspecified atom stereocenters. The molecule has 0 aliphatic carbocycles. The Morgan fingerprint density at radius 1 is 1.03 bits per heavy atom. The average molecular weight is 401 g/mol. The SMILES string of the molecule is COc1ccc(NC(=O)CNC(=O)C(C)(C)C)cc1NC(=O)c1cccc(F)c1. The van der Waals surface area contributed by atoms with Crippen LogP contribution < -0.4 is 20.7 Å². The maximum atomic E-state index is 13.3. The van der Waals surface area contributed by atoms with Gasteiger partial charge in [0.2, 0.25) is 11.8 Å². The van der Waals surface area contributed by atoms with Gasteiger partial charge in [-0.15, -0.1) is 0 Å². The molecular weight excluding hydrogens is 377 g/mol. The lowest BCUT2D eigenvalue weighted by molar-refractivity contribution is -0.130. The second-order valence-electron chi connectivity index (χ2n) is 7.36. The van der Waals surface area contributed by atoms with E-state index >= 15 is 0 Å². The number of rotatable bonds is 6. The van der Waals surface area contributed by atoms with Crippen LogP contribution in [0.2, 0.25) is 0 Å². The minimum absolute atomic E-state index is 0.145. The van der Waals surface area contributed by atoms with E-state index in [1.54, 1.807) is 32.9 Å². The van der Waals surface area contributed by atoms with Gasteiger partial charge in [-0.1, -0.05) is 26.8 Å². The maximum Gasteiger partial charge on any atom is 0.255 e. The Kier molecular flexibility index (Phi) is 6.93. The number of benzene rings is 2. The zero-order chi connectivity index (χ0) is 21.6. The second-order valence-corrected chi connectivity index (χ2v) is 7.36. The fraction of sp³-hybridized carbons (Fsp3) is 0.286. The summed E-state index contributed by atoms with van der Waals surface area (Å²) in [6.45, 7) is 5.05. The second kappa shape index (κ2) is 9.18. The van der Waals surface area contributed by atoms with Crippen LogP contribution >= 0.6 is 0 Å². The molecule has 7 nitrogen and oxygen atoms in total. The largest absolute Gasteiger partial charge is 0.495 e. The first-order valence-electron chi connectivity index (χ1n) is 8.93. The third kappa shape index (κ3) is 6.31. The van der Waals surface area contributed by atoms with E-state index in [2.05, 4.69) is 16.0 Å². The summed E-state index contributed by atoms with van der Waals surface area (Å²) in [6.07, 6.45) is 0. The summed E-state index contributed by atoms with van der Waals surface area (Å²) in [5.41, 5.74) is 0.245. The Bertz CT molecular complexity index is 922. The number of carbonyl (C=O) groups is 3. The molecule has 3 amide bonds. The number of ether oxygens (including phenoxy) is 1. The molecule has 29 heavy (non-hydrogen) atoms. The Balaban J connectivity index is 2.09. The Morgan fingerprint density at radius 2 is 1.76 bits per heavy atom. The van der Waals surface area contributed by atoms with Crippen LogP contribution in [0.15, 0.2) is 42.5 Å². The first-order valence-corrected chi connectivity index (χ1v) is 8.93. The third-order valence-electron chi connectivity index (χ3n) is 3.91. The summed E-state index contributed by atoms with van der Waals surface area (Å²) in [4.78, 5) is 36.3. The van der Waals surface area contributed by atoms with Crippen LogP contribution in [-0.4, -0.2) is 31.4 Å². The van der Waals surface area contributed by atoms with Crippen LogP contribution in [0.25, 0.3) is 0 Å². The summed E-state index contributed by atoms with van der Waals surface area (Å²) in [5, 5.41) is 7.84. The molecule has 154 valence electrons. The summed E-state index contributed by atoms with van der Waals surface area (Å²) in [6, 6.07) is 9.96. The fourth-order valence-corrected chi connectivity index (χ4v) is 2.34. The van der Waals surface area contributed by atoms with Crippen LogP contribution in [-0.2, 0) is 9.59 Å². The molecule has 0 heterocycles. The summed E-state index contributed by atoms with van der Waals surface area (Å²) in [5.74, 6) is -1.35. The predicted octanol–water partition coefficient (Wildman–Crippen LogP) is 3.19. The van der Waals surface area contributed by atoms with Crippen molar-refractivity contribution in [2.45, 2.75) is 20.8 Å². The van der Waals surface area contributed by atoms with Gasteiger partial charge in [0.05, 0.1) is 19.3 Å². The van der Waals surface area contributed by atoms with E-state index in [0.29, 0.717) is 17.1 Å². The number of amides is 3. The van der Waals surface area contributed by atoms with E-state index < -0.39 is 23.0 Å². The van der Waals surface area contributed by atoms with Crippen molar-refractivity contribution in [1.82, 2.24) is 5.32 Å². The standard InChI is InChI=1S/C21H24FN3O4/c1-21(2,3)20(28)23-12-18(26)24-15-8-9-17(29-4)16(11-15)25-19(27)13-6-5-7-14(22)10-13/h5-11H,12H2,1-4H3,(H,23,28)(H,24,26)(H,25,27). The highest BCUT2D eigenvalue weighted by molar-refractivity contribution is 6.05. The smallest absolute Gasteiger partial charge is 0.255 e. The molecule has 0 spiro atoms. The van der Waals surface area contributed by atoms with Crippen molar-refractivity contribution in [2.75, 3.05) is 24.3 Å². The molecule has 0 atom stereocenters. The molecule has 0 radical (unpaired) electrons. The number of anilines is 2. The van der Waals surface area contributed by atoms with E-state index in [9.17, 15) is 18.8 Å². The molecule has 0 saturated carbocycles. The molecular formula is C21H24FN3O4. The fourth-order valence-electron chi connectivity index (χ4n) is 2.34. The lowest BCUT2D eigenvalue weighted by Gasteiger charge is -2.17. The molecule has 0 aliphatic heterocycles. The van der Waals surface area contributed by atoms with E-state index in [-0.39, 0.29) is 18.0 Å². The highest BCUT2D eigenvalue weighted by Gasteiger charge is 2.21. The molecule has 0 aromatic heterocycles. The monoisotopic (exact) mass is 401 g/mol. The molecule has 8 heteroatoms. The van der Waals surface area contributed by atoms with Crippen molar-refractivity contribution >= 4 is 29.1 Å². The third-order valence-corrected chi connectivity index (χ3v) is 3.91. The van der Waals surface area contributed by atoms with Crippen molar-refractivity contribution in [2.24, 2.45) is 5.41 Å². The van der Waals surface area contributed by atoms with Gasteiger partial charge >= 0.3 is 0 Å². The van der Waals surface area contributed by atoms with Crippen LogP contribution in [0.1, 0.15) is 31.1 Å². The van der Waals surface area contributed by atoms with Gasteiger partial charge in [0.15, 0.2) is 0 Å². The van der Waals surface area contributed by atoms with Gasteiger partial charge in [-0.2, -0.15) is 0 Å². The first-order chi connectivity index (χ1) is 13.6. The maximum absolute atomic E-state index is 13.3. The van der Waals surface area contributed by atoms with E-state index in [0.717, 1.165) is 6.07 Å². The molecule has 3 N–H and O–H groups in total. The summed E-state index contributed by atoms with van der Waals surface area (Å²) in [7, 11) is 1.44. The van der Waals surface area contributed by atoms with Crippen molar-refractivity contribution in [3.05, 3.63) is 53.8 Å². The van der Waals surface area contributed by atoms with E-state index in [1.165, 1.54) is 31.4 Å². The predicted molar refractivity (Wildman–Crippen MR) is 108 cm³/mol. The molecule has 0 aliphatic rings. The highest BCUT2D eigenvalue weighted by Crippen LogP contribution is 2.28. The van der Waals surface area contributed by atoms with Crippen LogP contribution in [0, 0.1) is 11.2 Å². The molecule has 0 bridgehead atoms. The number of methoxy groups -OCH3 is 1. The van der Waals surface area contributed by atoms with Crippen molar-refractivity contribution < 1.29 is 23.5 Å². The zero-order valence-corrected chi connectivity index (χ0v) is 16.8. The zero-order valence-electron chi connectivity index (χ0n) is 16.8.